The zero-order chi connectivity index (χ0) is 14.5. The number of amides is 1. The molecular formula is C15H17N5O. The van der Waals surface area contributed by atoms with E-state index in [9.17, 15) is 4.79 Å². The fraction of sp³-hybridized carbons (Fsp3) is 0.333. The molecule has 1 N–H and O–H groups in total. The third-order valence-corrected chi connectivity index (χ3v) is 3.53. The van der Waals surface area contributed by atoms with Gasteiger partial charge in [0.15, 0.2) is 0 Å². The Labute approximate surface area is 123 Å². The van der Waals surface area contributed by atoms with Crippen molar-refractivity contribution in [2.45, 2.75) is 18.9 Å². The summed E-state index contributed by atoms with van der Waals surface area (Å²) in [7, 11) is 0. The van der Waals surface area contributed by atoms with Gasteiger partial charge >= 0.3 is 0 Å². The Morgan fingerprint density at radius 3 is 2.71 bits per heavy atom. The van der Waals surface area contributed by atoms with Crippen LogP contribution < -0.4 is 10.2 Å². The average Bonchev–Trinajstić information content (AvgIpc) is 2.57. The summed E-state index contributed by atoms with van der Waals surface area (Å²) in [5.74, 6) is 0.665. The minimum atomic E-state index is -0.0572. The SMILES string of the molecule is O=C(NC1CCCN(c2ncccn2)C1)c1ccncc1. The van der Waals surface area contributed by atoms with Gasteiger partial charge in [-0.3, -0.25) is 9.78 Å². The van der Waals surface area contributed by atoms with E-state index in [-0.39, 0.29) is 11.9 Å². The first-order valence-corrected chi connectivity index (χ1v) is 7.06. The lowest BCUT2D eigenvalue weighted by Crippen LogP contribution is -2.48. The van der Waals surface area contributed by atoms with Gasteiger partial charge in [-0.15, -0.1) is 0 Å². The van der Waals surface area contributed by atoms with E-state index in [1.54, 1.807) is 43.0 Å². The van der Waals surface area contributed by atoms with E-state index >= 15 is 0 Å². The Bertz CT molecular complexity index is 590. The first-order chi connectivity index (χ1) is 10.3. The lowest BCUT2D eigenvalue weighted by molar-refractivity contribution is 0.0933. The molecule has 0 saturated carbocycles. The molecule has 3 rings (SSSR count). The van der Waals surface area contributed by atoms with Crippen molar-refractivity contribution in [3.8, 4) is 0 Å². The normalized spacial score (nSPS) is 18.3. The fourth-order valence-electron chi connectivity index (χ4n) is 2.50. The Morgan fingerprint density at radius 1 is 1.19 bits per heavy atom. The van der Waals surface area contributed by atoms with Crippen LogP contribution in [-0.4, -0.2) is 40.0 Å². The fourth-order valence-corrected chi connectivity index (χ4v) is 2.50. The average molecular weight is 283 g/mol. The van der Waals surface area contributed by atoms with Crippen LogP contribution in [0.5, 0.6) is 0 Å². The maximum atomic E-state index is 12.2. The van der Waals surface area contributed by atoms with Crippen LogP contribution in [0, 0.1) is 0 Å². The number of hydrogen-bond donors (Lipinski definition) is 1. The number of nitrogens with zero attached hydrogens (tertiary/aromatic N) is 4. The van der Waals surface area contributed by atoms with Crippen molar-refractivity contribution < 1.29 is 4.79 Å². The first-order valence-electron chi connectivity index (χ1n) is 7.06. The van der Waals surface area contributed by atoms with Gasteiger partial charge in [-0.1, -0.05) is 0 Å². The van der Waals surface area contributed by atoms with Gasteiger partial charge in [0.2, 0.25) is 5.95 Å². The Morgan fingerprint density at radius 2 is 1.95 bits per heavy atom. The Kier molecular flexibility index (Phi) is 4.04. The number of rotatable bonds is 3. The Balaban J connectivity index is 1.63. The number of pyridine rings is 1. The zero-order valence-corrected chi connectivity index (χ0v) is 11.6. The minimum Gasteiger partial charge on any atom is -0.348 e. The van der Waals surface area contributed by atoms with Gasteiger partial charge < -0.3 is 10.2 Å². The number of nitrogens with one attached hydrogen (secondary N) is 1. The molecule has 21 heavy (non-hydrogen) atoms. The second-order valence-corrected chi connectivity index (χ2v) is 5.04. The number of carbonyl (C=O) groups is 1. The molecule has 1 aliphatic rings. The smallest absolute Gasteiger partial charge is 0.251 e. The molecule has 1 fully saturated rings. The van der Waals surface area contributed by atoms with Crippen LogP contribution in [0.3, 0.4) is 0 Å². The highest BCUT2D eigenvalue weighted by Crippen LogP contribution is 2.15. The van der Waals surface area contributed by atoms with E-state index in [0.29, 0.717) is 5.56 Å². The molecule has 1 saturated heterocycles. The molecule has 0 aromatic carbocycles. The third kappa shape index (κ3) is 3.34. The Hall–Kier alpha value is -2.50. The van der Waals surface area contributed by atoms with Crippen molar-refractivity contribution in [3.05, 3.63) is 48.5 Å². The van der Waals surface area contributed by atoms with Gasteiger partial charge in [0.05, 0.1) is 0 Å². The lowest BCUT2D eigenvalue weighted by Gasteiger charge is -2.33. The van der Waals surface area contributed by atoms with Gasteiger partial charge in [-0.05, 0) is 31.0 Å². The van der Waals surface area contributed by atoms with Gasteiger partial charge in [-0.25, -0.2) is 9.97 Å². The van der Waals surface area contributed by atoms with E-state index in [4.69, 9.17) is 0 Å². The summed E-state index contributed by atoms with van der Waals surface area (Å²) in [6.45, 7) is 1.66. The molecule has 2 aromatic rings. The van der Waals surface area contributed by atoms with Crippen molar-refractivity contribution in [2.24, 2.45) is 0 Å². The van der Waals surface area contributed by atoms with Crippen molar-refractivity contribution >= 4 is 11.9 Å². The van der Waals surface area contributed by atoms with Gasteiger partial charge in [-0.2, -0.15) is 0 Å². The molecule has 6 heteroatoms. The molecular weight excluding hydrogens is 266 g/mol. The van der Waals surface area contributed by atoms with Crippen LogP contribution in [0.15, 0.2) is 43.0 Å². The third-order valence-electron chi connectivity index (χ3n) is 3.53. The maximum Gasteiger partial charge on any atom is 0.251 e. The zero-order valence-electron chi connectivity index (χ0n) is 11.6. The highest BCUT2D eigenvalue weighted by molar-refractivity contribution is 5.94. The van der Waals surface area contributed by atoms with Crippen LogP contribution >= 0.6 is 0 Å². The predicted octanol–water partition coefficient (Wildman–Crippen LogP) is 1.27. The molecule has 0 radical (unpaired) electrons. The summed E-state index contributed by atoms with van der Waals surface area (Å²) < 4.78 is 0. The highest BCUT2D eigenvalue weighted by atomic mass is 16.1. The molecule has 108 valence electrons. The number of anilines is 1. The monoisotopic (exact) mass is 283 g/mol. The van der Waals surface area contributed by atoms with Crippen LogP contribution in [0.25, 0.3) is 0 Å². The van der Waals surface area contributed by atoms with Crippen LogP contribution in [-0.2, 0) is 0 Å². The molecule has 0 bridgehead atoms. The maximum absolute atomic E-state index is 12.2. The van der Waals surface area contributed by atoms with Crippen molar-refractivity contribution in [3.63, 3.8) is 0 Å². The molecule has 6 nitrogen and oxygen atoms in total. The van der Waals surface area contributed by atoms with E-state index in [0.717, 1.165) is 31.9 Å². The summed E-state index contributed by atoms with van der Waals surface area (Å²) in [6, 6.07) is 5.35. The summed E-state index contributed by atoms with van der Waals surface area (Å²) in [5.41, 5.74) is 0.637. The van der Waals surface area contributed by atoms with Gasteiger partial charge in [0, 0.05) is 49.5 Å². The number of piperidine rings is 1. The van der Waals surface area contributed by atoms with E-state index in [1.807, 2.05) is 0 Å². The van der Waals surface area contributed by atoms with E-state index in [1.165, 1.54) is 0 Å². The number of hydrogen-bond acceptors (Lipinski definition) is 5. The number of carbonyl (C=O) groups excluding carboxylic acids is 1. The molecule has 1 aliphatic heterocycles. The summed E-state index contributed by atoms with van der Waals surface area (Å²) in [5, 5.41) is 3.07. The molecule has 1 atom stereocenters. The van der Waals surface area contributed by atoms with Crippen LogP contribution in [0.4, 0.5) is 5.95 Å². The molecule has 1 unspecified atom stereocenters. The molecule has 3 heterocycles. The predicted molar refractivity (Wildman–Crippen MR) is 79.0 cm³/mol. The lowest BCUT2D eigenvalue weighted by atomic mass is 10.1. The standard InChI is InChI=1S/C15H17N5O/c21-14(12-4-8-16-9-5-12)19-13-3-1-10-20(11-13)15-17-6-2-7-18-15/h2,4-9,13H,1,3,10-11H2,(H,19,21). The molecule has 0 spiro atoms. The first kappa shape index (κ1) is 13.5. The molecule has 1 amide bonds. The highest BCUT2D eigenvalue weighted by Gasteiger charge is 2.23. The summed E-state index contributed by atoms with van der Waals surface area (Å²) >= 11 is 0. The van der Waals surface area contributed by atoms with Gasteiger partial charge in [0.25, 0.3) is 5.91 Å². The topological polar surface area (TPSA) is 71.0 Å². The molecule has 2 aromatic heterocycles. The summed E-state index contributed by atoms with van der Waals surface area (Å²) in [4.78, 5) is 26.7. The van der Waals surface area contributed by atoms with Crippen LogP contribution in [0.1, 0.15) is 23.2 Å². The quantitative estimate of drug-likeness (QED) is 0.918. The van der Waals surface area contributed by atoms with Crippen molar-refractivity contribution in [1.82, 2.24) is 20.3 Å². The van der Waals surface area contributed by atoms with E-state index in [2.05, 4.69) is 25.2 Å². The second-order valence-electron chi connectivity index (χ2n) is 5.04. The summed E-state index contributed by atoms with van der Waals surface area (Å²) in [6.07, 6.45) is 8.71. The van der Waals surface area contributed by atoms with Crippen LogP contribution in [0.2, 0.25) is 0 Å². The van der Waals surface area contributed by atoms with E-state index < -0.39 is 0 Å². The molecule has 0 aliphatic carbocycles. The van der Waals surface area contributed by atoms with Crippen molar-refractivity contribution in [1.29, 1.82) is 0 Å². The number of aromatic nitrogens is 3. The van der Waals surface area contributed by atoms with Gasteiger partial charge in [0.1, 0.15) is 0 Å². The largest absolute Gasteiger partial charge is 0.348 e. The second kappa shape index (κ2) is 6.30. The van der Waals surface area contributed by atoms with Crippen molar-refractivity contribution in [2.75, 3.05) is 18.0 Å². The minimum absolute atomic E-state index is 0.0572.